The molecule has 7 heteroatoms. The van der Waals surface area contributed by atoms with Crippen LogP contribution in [0.15, 0.2) is 127 Å². The minimum atomic E-state index is -4.59. The smallest absolute Gasteiger partial charge is 0.309 e. The van der Waals surface area contributed by atoms with Crippen LogP contribution < -0.4 is 0 Å². The molecule has 2 aromatic heterocycles. The number of hydrogen-bond donors (Lipinski definition) is 0. The molecular formula is C49H33F3N4. The van der Waals surface area contributed by atoms with Crippen LogP contribution in [0.3, 0.4) is 0 Å². The van der Waals surface area contributed by atoms with Crippen molar-refractivity contribution in [1.82, 2.24) is 9.13 Å². The van der Waals surface area contributed by atoms with Crippen molar-refractivity contribution in [2.75, 3.05) is 0 Å². The summed E-state index contributed by atoms with van der Waals surface area (Å²) in [7, 11) is 0. The van der Waals surface area contributed by atoms with Crippen LogP contribution in [-0.2, 0) is 6.18 Å². The van der Waals surface area contributed by atoms with Crippen molar-refractivity contribution < 1.29 is 13.2 Å². The summed E-state index contributed by atoms with van der Waals surface area (Å²) in [6.45, 7) is 16.2. The van der Waals surface area contributed by atoms with E-state index < -0.39 is 11.7 Å². The van der Waals surface area contributed by atoms with Crippen LogP contribution >= 0.6 is 0 Å². The Morgan fingerprint density at radius 3 is 1.39 bits per heavy atom. The molecule has 0 N–H and O–H groups in total. The minimum Gasteiger partial charge on any atom is -0.309 e. The molecule has 0 fully saturated rings. The van der Waals surface area contributed by atoms with Crippen molar-refractivity contribution in [2.45, 2.75) is 33.9 Å². The molecule has 0 spiro atoms. The van der Waals surface area contributed by atoms with Crippen molar-refractivity contribution in [3.05, 3.63) is 172 Å². The third-order valence-electron chi connectivity index (χ3n) is 10.8. The Morgan fingerprint density at radius 1 is 0.518 bits per heavy atom. The van der Waals surface area contributed by atoms with Crippen molar-refractivity contribution in [1.29, 1.82) is 5.26 Å². The minimum absolute atomic E-state index is 0.0968. The van der Waals surface area contributed by atoms with Crippen LogP contribution in [0.25, 0.3) is 82.1 Å². The Bertz CT molecular complexity index is 3080. The van der Waals surface area contributed by atoms with Crippen LogP contribution in [-0.4, -0.2) is 9.13 Å². The quantitative estimate of drug-likeness (QED) is 0.166. The summed E-state index contributed by atoms with van der Waals surface area (Å²) in [6, 6.07) is 42.8. The fraction of sp³-hybridized carbons (Fsp3) is 0.102. The number of benzene rings is 7. The summed E-state index contributed by atoms with van der Waals surface area (Å²) in [6.07, 6.45) is -4.59. The zero-order valence-corrected chi connectivity index (χ0v) is 31.0. The summed E-state index contributed by atoms with van der Waals surface area (Å²) in [4.78, 5) is 3.56. The summed E-state index contributed by atoms with van der Waals surface area (Å²) >= 11 is 0. The van der Waals surface area contributed by atoms with Crippen LogP contribution in [0.5, 0.6) is 0 Å². The van der Waals surface area contributed by atoms with Gasteiger partial charge in [-0.2, -0.15) is 18.4 Å². The normalized spacial score (nSPS) is 11.8. The second kappa shape index (κ2) is 12.8. The van der Waals surface area contributed by atoms with Crippen molar-refractivity contribution in [3.63, 3.8) is 0 Å². The molecule has 0 radical (unpaired) electrons. The van der Waals surface area contributed by atoms with E-state index in [2.05, 4.69) is 121 Å². The van der Waals surface area contributed by atoms with E-state index in [9.17, 15) is 18.4 Å². The first kappa shape index (κ1) is 34.7. The van der Waals surface area contributed by atoms with Gasteiger partial charge in [-0.1, -0.05) is 64.7 Å². The number of nitriles is 1. The predicted octanol–water partition coefficient (Wildman–Crippen LogP) is 13.9. The van der Waals surface area contributed by atoms with Gasteiger partial charge in [0.15, 0.2) is 5.69 Å². The molecule has 270 valence electrons. The van der Waals surface area contributed by atoms with E-state index in [4.69, 9.17) is 6.57 Å². The summed E-state index contributed by atoms with van der Waals surface area (Å²) in [5.41, 5.74) is 12.1. The number of halogens is 3. The Kier molecular flexibility index (Phi) is 7.90. The van der Waals surface area contributed by atoms with Crippen molar-refractivity contribution in [2.24, 2.45) is 0 Å². The largest absolute Gasteiger partial charge is 0.415 e. The number of nitrogens with zero attached hydrogens (tertiary/aromatic N) is 4. The molecular weight excluding hydrogens is 702 g/mol. The molecule has 9 rings (SSSR count). The summed E-state index contributed by atoms with van der Waals surface area (Å²) in [5.74, 6) is 0. The molecule has 0 unspecified atom stereocenters. The van der Waals surface area contributed by atoms with E-state index in [0.717, 1.165) is 100 Å². The first-order valence-corrected chi connectivity index (χ1v) is 18.2. The van der Waals surface area contributed by atoms with Crippen LogP contribution in [0.1, 0.15) is 33.4 Å². The lowest BCUT2D eigenvalue weighted by molar-refractivity contribution is -0.137. The van der Waals surface area contributed by atoms with Gasteiger partial charge in [0, 0.05) is 38.2 Å². The molecule has 56 heavy (non-hydrogen) atoms. The average Bonchev–Trinajstić information content (AvgIpc) is 3.67. The molecule has 0 bridgehead atoms. The van der Waals surface area contributed by atoms with Crippen molar-refractivity contribution in [3.8, 4) is 39.7 Å². The molecule has 7 aromatic carbocycles. The Hall–Kier alpha value is -7.09. The van der Waals surface area contributed by atoms with Gasteiger partial charge in [-0.15, -0.1) is 0 Å². The maximum Gasteiger partial charge on any atom is 0.415 e. The second-order valence-corrected chi connectivity index (χ2v) is 14.7. The van der Waals surface area contributed by atoms with Gasteiger partial charge in [0.2, 0.25) is 0 Å². The van der Waals surface area contributed by atoms with E-state index >= 15 is 0 Å². The standard InChI is InChI=1S/C49H33F3N4/c1-28-6-14-43-36(20-28)37-21-29(2)7-15-44(37)55(43)47-18-10-32(27-53)24-40(47)41-25-33(35-13-12-34(49(50,51)52)26-42(35)54-5)11-19-48(41)56-45-16-8-30(3)22-38(45)39-23-31(4)9-17-46(39)56/h6-26H,1-4H3. The maximum atomic E-state index is 13.8. The highest BCUT2D eigenvalue weighted by Crippen LogP contribution is 2.45. The monoisotopic (exact) mass is 734 g/mol. The van der Waals surface area contributed by atoms with E-state index in [1.807, 2.05) is 36.4 Å². The molecule has 4 nitrogen and oxygen atoms in total. The number of aromatic nitrogens is 2. The highest BCUT2D eigenvalue weighted by atomic mass is 19.4. The summed E-state index contributed by atoms with van der Waals surface area (Å²) in [5, 5.41) is 14.7. The van der Waals surface area contributed by atoms with Gasteiger partial charge in [0.25, 0.3) is 0 Å². The molecule has 0 amide bonds. The number of fused-ring (bicyclic) bond motifs is 6. The third-order valence-corrected chi connectivity index (χ3v) is 10.8. The second-order valence-electron chi connectivity index (χ2n) is 14.7. The summed E-state index contributed by atoms with van der Waals surface area (Å²) < 4.78 is 45.9. The van der Waals surface area contributed by atoms with Crippen LogP contribution in [0.2, 0.25) is 0 Å². The maximum absolute atomic E-state index is 13.8. The lowest BCUT2D eigenvalue weighted by atomic mass is 9.93. The van der Waals surface area contributed by atoms with E-state index in [0.29, 0.717) is 16.7 Å². The lowest BCUT2D eigenvalue weighted by Crippen LogP contribution is -2.04. The highest BCUT2D eigenvalue weighted by Gasteiger charge is 2.31. The van der Waals surface area contributed by atoms with Gasteiger partial charge in [-0.05, 0) is 124 Å². The molecule has 0 saturated heterocycles. The number of alkyl halides is 3. The van der Waals surface area contributed by atoms with E-state index in [1.165, 1.54) is 6.07 Å². The van der Waals surface area contributed by atoms with Gasteiger partial charge < -0.3 is 9.13 Å². The zero-order chi connectivity index (χ0) is 39.0. The fourth-order valence-electron chi connectivity index (χ4n) is 8.20. The average molecular weight is 735 g/mol. The van der Waals surface area contributed by atoms with Gasteiger partial charge >= 0.3 is 6.18 Å². The molecule has 0 aliphatic rings. The molecule has 0 aliphatic carbocycles. The first-order valence-electron chi connectivity index (χ1n) is 18.2. The third kappa shape index (κ3) is 5.51. The number of aryl methyl sites for hydroxylation is 4. The molecule has 9 aromatic rings. The molecule has 0 aliphatic heterocycles. The molecule has 0 saturated carbocycles. The highest BCUT2D eigenvalue weighted by molar-refractivity contribution is 6.12. The zero-order valence-electron chi connectivity index (χ0n) is 31.0. The van der Waals surface area contributed by atoms with Gasteiger partial charge in [-0.3, -0.25) is 0 Å². The van der Waals surface area contributed by atoms with E-state index in [1.54, 1.807) is 0 Å². The molecule has 0 atom stereocenters. The fourth-order valence-corrected chi connectivity index (χ4v) is 8.20. The Morgan fingerprint density at radius 2 is 0.964 bits per heavy atom. The van der Waals surface area contributed by atoms with E-state index in [-0.39, 0.29) is 5.69 Å². The van der Waals surface area contributed by atoms with Crippen LogP contribution in [0, 0.1) is 45.6 Å². The van der Waals surface area contributed by atoms with Crippen molar-refractivity contribution >= 4 is 49.3 Å². The van der Waals surface area contributed by atoms with Gasteiger partial charge in [0.05, 0.1) is 51.6 Å². The van der Waals surface area contributed by atoms with Crippen LogP contribution in [0.4, 0.5) is 18.9 Å². The Balaban J connectivity index is 1.43. The SMILES string of the molecule is [C-]#[N+]c1cc(C(F)(F)F)ccc1-c1ccc(-n2c3ccc(C)cc3c3cc(C)ccc32)c(-c2cc(C#N)ccc2-n2c3ccc(C)cc3c3cc(C)ccc32)c1. The van der Waals surface area contributed by atoms with Gasteiger partial charge in [0.1, 0.15) is 0 Å². The first-order chi connectivity index (χ1) is 26.9. The lowest BCUT2D eigenvalue weighted by Gasteiger charge is -2.20. The topological polar surface area (TPSA) is 38.0 Å². The van der Waals surface area contributed by atoms with Gasteiger partial charge in [-0.25, -0.2) is 4.85 Å². The predicted molar refractivity (Wildman–Crippen MR) is 221 cm³/mol. The number of rotatable bonds is 4. The Labute approximate surface area is 321 Å². The molecule has 2 heterocycles. The number of hydrogen-bond acceptors (Lipinski definition) is 1.